The van der Waals surface area contributed by atoms with Gasteiger partial charge in [-0.1, -0.05) is 22.9 Å². The van der Waals surface area contributed by atoms with Crippen LogP contribution in [0.4, 0.5) is 32.0 Å². The first kappa shape index (κ1) is 21.1. The number of thioether (sulfide) groups is 1. The lowest BCUT2D eigenvalue weighted by molar-refractivity contribution is -0.138. The highest BCUT2D eigenvalue weighted by Gasteiger charge is 2.47. The van der Waals surface area contributed by atoms with E-state index in [0.717, 1.165) is 17.8 Å². The molecule has 0 saturated heterocycles. The van der Waals surface area contributed by atoms with Gasteiger partial charge in [0.05, 0.1) is 11.3 Å². The molecule has 0 aromatic heterocycles. The molecule has 1 unspecified atom stereocenters. The molecule has 0 fully saturated rings. The van der Waals surface area contributed by atoms with Crippen molar-refractivity contribution in [1.82, 2.24) is 5.43 Å². The van der Waals surface area contributed by atoms with E-state index in [0.29, 0.717) is 5.75 Å². The molecule has 0 radical (unpaired) electrons. The molecule has 144 valence electrons. The molecule has 1 aliphatic rings. The summed E-state index contributed by atoms with van der Waals surface area (Å²) in [5, 5.41) is 3.57. The summed E-state index contributed by atoms with van der Waals surface area (Å²) in [5.74, 6) is 0.486. The van der Waals surface area contributed by atoms with Crippen LogP contribution in [-0.4, -0.2) is 28.2 Å². The van der Waals surface area contributed by atoms with E-state index in [1.165, 1.54) is 19.1 Å². The summed E-state index contributed by atoms with van der Waals surface area (Å²) in [6.45, 7) is 3.26. The van der Waals surface area contributed by atoms with E-state index in [-0.39, 0.29) is 15.2 Å². The lowest BCUT2D eigenvalue weighted by Crippen LogP contribution is -2.43. The van der Waals surface area contributed by atoms with Gasteiger partial charge in [0.15, 0.2) is 0 Å². The Bertz CT molecular complexity index is 744. The average Bonchev–Trinajstić information content (AvgIpc) is 2.91. The molecule has 1 N–H and O–H groups in total. The molecule has 11 heteroatoms. The van der Waals surface area contributed by atoms with Crippen molar-refractivity contribution in [3.8, 4) is 0 Å². The number of hydrazone groups is 1. The van der Waals surface area contributed by atoms with Crippen LogP contribution in [0.5, 0.6) is 0 Å². The summed E-state index contributed by atoms with van der Waals surface area (Å²) in [6, 6.07) is 3.42. The van der Waals surface area contributed by atoms with Gasteiger partial charge >= 0.3 is 12.4 Å². The lowest BCUT2D eigenvalue weighted by atomic mass is 9.98. The van der Waals surface area contributed by atoms with E-state index in [2.05, 4.69) is 31.4 Å². The predicted molar refractivity (Wildman–Crippen MR) is 94.0 cm³/mol. The van der Waals surface area contributed by atoms with Gasteiger partial charge in [-0.3, -0.25) is 5.43 Å². The Morgan fingerprint density at radius 2 is 1.92 bits per heavy atom. The SMILES string of the molecule is CCSC(=Nc1ccc(Br)c(C(F)(F)F)c1)C1(C)CC(C(F)(F)F)=NN1. The molecule has 1 aromatic carbocycles. The normalized spacial score (nSPS) is 21.6. The smallest absolute Gasteiger partial charge is 0.297 e. The third-order valence-electron chi connectivity index (χ3n) is 3.52. The molecule has 0 amide bonds. The molecule has 0 bridgehead atoms. The van der Waals surface area contributed by atoms with Crippen molar-refractivity contribution in [2.45, 2.75) is 38.2 Å². The highest BCUT2D eigenvalue weighted by atomic mass is 79.9. The predicted octanol–water partition coefficient (Wildman–Crippen LogP) is 5.92. The number of alkyl halides is 6. The Morgan fingerprint density at radius 3 is 2.42 bits per heavy atom. The van der Waals surface area contributed by atoms with E-state index >= 15 is 0 Å². The molecule has 0 spiro atoms. The minimum atomic E-state index is -4.58. The van der Waals surface area contributed by atoms with Crippen molar-refractivity contribution in [1.29, 1.82) is 0 Å². The number of rotatable bonds is 3. The fourth-order valence-corrected chi connectivity index (χ4v) is 3.61. The quantitative estimate of drug-likeness (QED) is 0.344. The van der Waals surface area contributed by atoms with Gasteiger partial charge in [0.2, 0.25) is 0 Å². The van der Waals surface area contributed by atoms with Crippen molar-refractivity contribution in [2.24, 2.45) is 10.1 Å². The van der Waals surface area contributed by atoms with Crippen LogP contribution in [-0.2, 0) is 6.18 Å². The number of nitrogens with zero attached hydrogens (tertiary/aromatic N) is 2. The second-order valence-electron chi connectivity index (χ2n) is 5.69. The number of aliphatic imine (C=N–C) groups is 1. The summed E-state index contributed by atoms with van der Waals surface area (Å²) >= 11 is 3.99. The van der Waals surface area contributed by atoms with Gasteiger partial charge in [0.1, 0.15) is 16.3 Å². The second kappa shape index (κ2) is 7.41. The van der Waals surface area contributed by atoms with Crippen LogP contribution in [0.15, 0.2) is 32.8 Å². The maximum atomic E-state index is 13.0. The Kier molecular flexibility index (Phi) is 6.01. The Morgan fingerprint density at radius 1 is 1.27 bits per heavy atom. The Balaban J connectivity index is 2.40. The van der Waals surface area contributed by atoms with Crippen LogP contribution in [0.2, 0.25) is 0 Å². The van der Waals surface area contributed by atoms with Gasteiger partial charge in [-0.05, 0) is 30.9 Å². The van der Waals surface area contributed by atoms with E-state index in [1.807, 2.05) is 0 Å². The minimum absolute atomic E-state index is 0.0000383. The molecule has 1 aliphatic heterocycles. The van der Waals surface area contributed by atoms with E-state index in [4.69, 9.17) is 0 Å². The molecule has 2 rings (SSSR count). The molecule has 1 atom stereocenters. The maximum absolute atomic E-state index is 13.0. The highest BCUT2D eigenvalue weighted by molar-refractivity contribution is 9.10. The fourth-order valence-electron chi connectivity index (χ4n) is 2.26. The van der Waals surface area contributed by atoms with Crippen LogP contribution in [0, 0.1) is 0 Å². The van der Waals surface area contributed by atoms with Gasteiger partial charge in [0.25, 0.3) is 0 Å². The van der Waals surface area contributed by atoms with Gasteiger partial charge in [-0.15, -0.1) is 11.8 Å². The maximum Gasteiger partial charge on any atom is 0.431 e. The first-order chi connectivity index (χ1) is 11.9. The first-order valence-electron chi connectivity index (χ1n) is 7.36. The van der Waals surface area contributed by atoms with Crippen molar-refractivity contribution in [2.75, 3.05) is 5.75 Å². The Labute approximate surface area is 158 Å². The zero-order valence-electron chi connectivity index (χ0n) is 13.6. The molecule has 26 heavy (non-hydrogen) atoms. The number of hydrogen-bond acceptors (Lipinski definition) is 4. The highest BCUT2D eigenvalue weighted by Crippen LogP contribution is 2.38. The van der Waals surface area contributed by atoms with E-state index < -0.39 is 35.6 Å². The van der Waals surface area contributed by atoms with Gasteiger partial charge in [-0.2, -0.15) is 31.4 Å². The molecule has 0 saturated carbocycles. The van der Waals surface area contributed by atoms with E-state index in [9.17, 15) is 26.3 Å². The number of halogens is 7. The van der Waals surface area contributed by atoms with Crippen LogP contribution in [0.1, 0.15) is 25.8 Å². The Hall–Kier alpha value is -1.23. The van der Waals surface area contributed by atoms with Crippen molar-refractivity contribution in [3.05, 3.63) is 28.2 Å². The van der Waals surface area contributed by atoms with Crippen LogP contribution >= 0.6 is 27.7 Å². The summed E-state index contributed by atoms with van der Waals surface area (Å²) < 4.78 is 77.5. The van der Waals surface area contributed by atoms with Crippen molar-refractivity contribution in [3.63, 3.8) is 0 Å². The largest absolute Gasteiger partial charge is 0.431 e. The summed E-state index contributed by atoms with van der Waals surface area (Å²) in [7, 11) is 0. The monoisotopic (exact) mass is 461 g/mol. The minimum Gasteiger partial charge on any atom is -0.297 e. The second-order valence-corrected chi connectivity index (χ2v) is 7.80. The topological polar surface area (TPSA) is 36.8 Å². The zero-order chi connectivity index (χ0) is 19.8. The lowest BCUT2D eigenvalue weighted by Gasteiger charge is -2.25. The standard InChI is InChI=1S/C15H14BrF6N3S/c1-3-26-12(13(2)7-11(24-25-13)15(20,21)22)23-8-4-5-10(16)9(6-8)14(17,18)19/h4-6,25H,3,7H2,1-2H3. The first-order valence-corrected chi connectivity index (χ1v) is 9.14. The van der Waals surface area contributed by atoms with Crippen LogP contribution in [0.3, 0.4) is 0 Å². The van der Waals surface area contributed by atoms with Gasteiger partial charge in [0, 0.05) is 10.9 Å². The molecule has 0 aliphatic carbocycles. The molecular formula is C15H14BrF6N3S. The van der Waals surface area contributed by atoms with Crippen LogP contribution < -0.4 is 5.43 Å². The fraction of sp³-hybridized carbons (Fsp3) is 0.467. The number of nitrogens with one attached hydrogen (secondary N) is 1. The van der Waals surface area contributed by atoms with Crippen LogP contribution in [0.25, 0.3) is 0 Å². The van der Waals surface area contributed by atoms with E-state index in [1.54, 1.807) is 6.92 Å². The third-order valence-corrected chi connectivity index (χ3v) is 5.32. The summed E-state index contributed by atoms with van der Waals surface area (Å²) in [4.78, 5) is 4.19. The van der Waals surface area contributed by atoms with Gasteiger partial charge in [-0.25, -0.2) is 4.99 Å². The van der Waals surface area contributed by atoms with Crippen molar-refractivity contribution < 1.29 is 26.3 Å². The molecule has 1 heterocycles. The molecule has 1 aromatic rings. The summed E-state index contributed by atoms with van der Waals surface area (Å²) in [5.41, 5.74) is -0.685. The number of benzene rings is 1. The van der Waals surface area contributed by atoms with Crippen molar-refractivity contribution >= 4 is 44.1 Å². The average molecular weight is 462 g/mol. The molecular weight excluding hydrogens is 448 g/mol. The third kappa shape index (κ3) is 4.73. The zero-order valence-corrected chi connectivity index (χ0v) is 16.0. The number of hydrogen-bond donors (Lipinski definition) is 1. The van der Waals surface area contributed by atoms with Gasteiger partial charge < -0.3 is 0 Å². The summed E-state index contributed by atoms with van der Waals surface area (Å²) in [6.07, 6.45) is -9.61. The molecule has 3 nitrogen and oxygen atoms in total.